The quantitative estimate of drug-likeness (QED) is 0.513. The molecule has 0 fully saturated rings. The van der Waals surface area contributed by atoms with Gasteiger partial charge in [0.2, 0.25) is 5.75 Å². The van der Waals surface area contributed by atoms with Crippen LogP contribution in [0.2, 0.25) is 5.02 Å². The molecule has 8 heteroatoms. The molecule has 0 aromatic heterocycles. The van der Waals surface area contributed by atoms with Gasteiger partial charge in [-0.1, -0.05) is 17.7 Å². The van der Waals surface area contributed by atoms with Gasteiger partial charge in [-0.05, 0) is 30.3 Å². The van der Waals surface area contributed by atoms with Crippen LogP contribution in [0.15, 0.2) is 47.6 Å². The molecule has 7 nitrogen and oxygen atoms in total. The van der Waals surface area contributed by atoms with Gasteiger partial charge in [0.1, 0.15) is 0 Å². The number of carbonyl (C=O) groups excluding carboxylic acids is 1. The summed E-state index contributed by atoms with van der Waals surface area (Å²) in [5.41, 5.74) is 2.28. The van der Waals surface area contributed by atoms with Crippen molar-refractivity contribution < 1.29 is 14.8 Å². The highest BCUT2D eigenvalue weighted by molar-refractivity contribution is 6.30. The van der Waals surface area contributed by atoms with E-state index in [0.29, 0.717) is 10.6 Å². The molecule has 0 unspecified atom stereocenters. The van der Waals surface area contributed by atoms with Gasteiger partial charge in [0, 0.05) is 22.2 Å². The number of hydrogen-bond acceptors (Lipinski definition) is 5. The third-order valence-electron chi connectivity index (χ3n) is 2.72. The molecule has 0 heterocycles. The van der Waals surface area contributed by atoms with Gasteiger partial charge >= 0.3 is 5.69 Å². The summed E-state index contributed by atoms with van der Waals surface area (Å²) in [6.07, 6.45) is 1.12. The van der Waals surface area contributed by atoms with Crippen molar-refractivity contribution in [3.8, 4) is 5.75 Å². The van der Waals surface area contributed by atoms with Crippen molar-refractivity contribution in [3.05, 3.63) is 68.7 Å². The molecule has 0 saturated carbocycles. The van der Waals surface area contributed by atoms with E-state index in [0.717, 1.165) is 6.21 Å². The monoisotopic (exact) mass is 319 g/mol. The SMILES string of the molecule is O=C(N/N=C/c1cccc([N+](=O)[O-])c1O)c1ccc(Cl)cc1. The van der Waals surface area contributed by atoms with E-state index < -0.39 is 22.3 Å². The van der Waals surface area contributed by atoms with Crippen molar-refractivity contribution in [2.45, 2.75) is 0 Å². The van der Waals surface area contributed by atoms with Crippen LogP contribution in [-0.2, 0) is 0 Å². The maximum absolute atomic E-state index is 11.8. The zero-order chi connectivity index (χ0) is 16.1. The first-order valence-corrected chi connectivity index (χ1v) is 6.42. The Labute approximate surface area is 130 Å². The van der Waals surface area contributed by atoms with Crippen LogP contribution < -0.4 is 5.43 Å². The lowest BCUT2D eigenvalue weighted by molar-refractivity contribution is -0.385. The molecule has 0 saturated heterocycles. The Balaban J connectivity index is 2.10. The fourth-order valence-electron chi connectivity index (χ4n) is 1.63. The molecule has 0 aliphatic rings. The Kier molecular flexibility index (Phi) is 4.70. The predicted molar refractivity (Wildman–Crippen MR) is 81.3 cm³/mol. The third-order valence-corrected chi connectivity index (χ3v) is 2.97. The predicted octanol–water partition coefficient (Wildman–Crippen LogP) is 2.72. The normalized spacial score (nSPS) is 10.6. The van der Waals surface area contributed by atoms with E-state index in [1.807, 2.05) is 0 Å². The molecule has 0 aliphatic heterocycles. The van der Waals surface area contributed by atoms with Gasteiger partial charge in [-0.25, -0.2) is 5.43 Å². The number of carbonyl (C=O) groups is 1. The van der Waals surface area contributed by atoms with E-state index in [4.69, 9.17) is 11.6 Å². The number of phenolic OH excluding ortho intramolecular Hbond substituents is 1. The first-order chi connectivity index (χ1) is 10.5. The Morgan fingerprint density at radius 3 is 2.59 bits per heavy atom. The Morgan fingerprint density at radius 1 is 1.27 bits per heavy atom. The van der Waals surface area contributed by atoms with Crippen LogP contribution >= 0.6 is 11.6 Å². The number of aromatic hydroxyl groups is 1. The van der Waals surface area contributed by atoms with E-state index in [-0.39, 0.29) is 5.56 Å². The molecule has 1 amide bonds. The zero-order valence-corrected chi connectivity index (χ0v) is 11.8. The number of nitro benzene ring substituents is 1. The lowest BCUT2D eigenvalue weighted by Gasteiger charge is -2.01. The fraction of sp³-hybridized carbons (Fsp3) is 0. The van der Waals surface area contributed by atoms with Crippen molar-refractivity contribution in [1.82, 2.24) is 5.43 Å². The number of hydrogen-bond donors (Lipinski definition) is 2. The summed E-state index contributed by atoms with van der Waals surface area (Å²) in [4.78, 5) is 21.7. The molecule has 2 N–H and O–H groups in total. The van der Waals surface area contributed by atoms with Crippen molar-refractivity contribution in [2.75, 3.05) is 0 Å². The van der Waals surface area contributed by atoms with E-state index in [2.05, 4.69) is 10.5 Å². The summed E-state index contributed by atoms with van der Waals surface area (Å²) in [7, 11) is 0. The molecule has 0 aliphatic carbocycles. The topological polar surface area (TPSA) is 105 Å². The molecule has 0 spiro atoms. The second kappa shape index (κ2) is 6.68. The second-order valence-electron chi connectivity index (χ2n) is 4.18. The molecule has 2 aromatic rings. The number of halogens is 1. The van der Waals surface area contributed by atoms with Crippen LogP contribution in [0.4, 0.5) is 5.69 Å². The molecule has 2 aromatic carbocycles. The summed E-state index contributed by atoms with van der Waals surface area (Å²) in [5.74, 6) is -0.991. The van der Waals surface area contributed by atoms with Crippen LogP contribution in [0.5, 0.6) is 5.75 Å². The summed E-state index contributed by atoms with van der Waals surface area (Å²) < 4.78 is 0. The standard InChI is InChI=1S/C14H10ClN3O4/c15-11-6-4-9(5-7-11)14(20)17-16-8-10-2-1-3-12(13(10)19)18(21)22/h1-8,19H,(H,17,20)/b16-8+. The summed E-state index contributed by atoms with van der Waals surface area (Å²) in [5, 5.41) is 24.6. The van der Waals surface area contributed by atoms with Gasteiger partial charge in [0.25, 0.3) is 5.91 Å². The minimum Gasteiger partial charge on any atom is -0.502 e. The summed E-state index contributed by atoms with van der Waals surface area (Å²) >= 11 is 5.71. The number of rotatable bonds is 4. The number of nitrogens with one attached hydrogen (secondary N) is 1. The van der Waals surface area contributed by atoms with Crippen LogP contribution in [-0.4, -0.2) is 22.2 Å². The highest BCUT2D eigenvalue weighted by atomic mass is 35.5. The van der Waals surface area contributed by atoms with Crippen molar-refractivity contribution in [2.24, 2.45) is 5.10 Å². The number of amides is 1. The number of hydrazone groups is 1. The van der Waals surface area contributed by atoms with E-state index in [1.54, 1.807) is 12.1 Å². The lowest BCUT2D eigenvalue weighted by Crippen LogP contribution is -2.17. The maximum atomic E-state index is 11.8. The molecule has 0 radical (unpaired) electrons. The second-order valence-corrected chi connectivity index (χ2v) is 4.61. The van der Waals surface area contributed by atoms with Crippen molar-refractivity contribution >= 4 is 29.4 Å². The van der Waals surface area contributed by atoms with Gasteiger partial charge in [-0.3, -0.25) is 14.9 Å². The highest BCUT2D eigenvalue weighted by Crippen LogP contribution is 2.27. The lowest BCUT2D eigenvalue weighted by atomic mass is 10.2. The largest absolute Gasteiger partial charge is 0.502 e. The first-order valence-electron chi connectivity index (χ1n) is 6.04. The number of para-hydroxylation sites is 1. The van der Waals surface area contributed by atoms with Crippen LogP contribution in [0.3, 0.4) is 0 Å². The minimum absolute atomic E-state index is 0.116. The smallest absolute Gasteiger partial charge is 0.311 e. The third kappa shape index (κ3) is 3.58. The molecule has 0 atom stereocenters. The van der Waals surface area contributed by atoms with E-state index in [9.17, 15) is 20.0 Å². The molecule has 2 rings (SSSR count). The fourth-order valence-corrected chi connectivity index (χ4v) is 1.75. The number of benzene rings is 2. The van der Waals surface area contributed by atoms with E-state index in [1.165, 1.54) is 30.3 Å². The van der Waals surface area contributed by atoms with Crippen molar-refractivity contribution in [1.29, 1.82) is 0 Å². The Morgan fingerprint density at radius 2 is 1.95 bits per heavy atom. The molecular weight excluding hydrogens is 310 g/mol. The average Bonchev–Trinajstić information content (AvgIpc) is 2.49. The van der Waals surface area contributed by atoms with E-state index >= 15 is 0 Å². The maximum Gasteiger partial charge on any atom is 0.311 e. The van der Waals surface area contributed by atoms with Gasteiger partial charge in [0.05, 0.1) is 11.1 Å². The van der Waals surface area contributed by atoms with Gasteiger partial charge in [-0.2, -0.15) is 5.10 Å². The van der Waals surface area contributed by atoms with Crippen LogP contribution in [0.1, 0.15) is 15.9 Å². The molecule has 0 bridgehead atoms. The van der Waals surface area contributed by atoms with Crippen molar-refractivity contribution in [3.63, 3.8) is 0 Å². The van der Waals surface area contributed by atoms with Gasteiger partial charge in [-0.15, -0.1) is 0 Å². The number of nitrogens with zero attached hydrogens (tertiary/aromatic N) is 2. The van der Waals surface area contributed by atoms with Crippen LogP contribution in [0.25, 0.3) is 0 Å². The molecule has 112 valence electrons. The summed E-state index contributed by atoms with van der Waals surface area (Å²) in [6, 6.07) is 10.2. The number of phenols is 1. The summed E-state index contributed by atoms with van der Waals surface area (Å²) in [6.45, 7) is 0. The van der Waals surface area contributed by atoms with Crippen LogP contribution in [0, 0.1) is 10.1 Å². The highest BCUT2D eigenvalue weighted by Gasteiger charge is 2.15. The minimum atomic E-state index is -0.709. The Hall–Kier alpha value is -2.93. The zero-order valence-electron chi connectivity index (χ0n) is 11.1. The average molecular weight is 320 g/mol. The molecular formula is C14H10ClN3O4. The Bertz CT molecular complexity index is 744. The van der Waals surface area contributed by atoms with Gasteiger partial charge in [0.15, 0.2) is 0 Å². The first kappa shape index (κ1) is 15.5. The number of nitro groups is 1. The molecule has 22 heavy (non-hydrogen) atoms. The van der Waals surface area contributed by atoms with Gasteiger partial charge < -0.3 is 5.11 Å².